The predicted octanol–water partition coefficient (Wildman–Crippen LogP) is 5.89. The summed E-state index contributed by atoms with van der Waals surface area (Å²) in [6.45, 7) is 4.88. The van der Waals surface area contributed by atoms with Gasteiger partial charge in [-0.1, -0.05) is 67.3 Å². The number of ether oxygens (including phenoxy) is 1. The number of rotatable bonds is 3. The van der Waals surface area contributed by atoms with E-state index in [0.717, 1.165) is 34.0 Å². The van der Waals surface area contributed by atoms with Gasteiger partial charge < -0.3 is 9.72 Å². The van der Waals surface area contributed by atoms with Crippen molar-refractivity contribution in [2.24, 2.45) is 0 Å². The third kappa shape index (κ3) is 4.13. The summed E-state index contributed by atoms with van der Waals surface area (Å²) in [5.41, 5.74) is 6.25. The molecule has 3 aromatic carbocycles. The fraction of sp³-hybridized carbons (Fsp3) is 0.222. The molecule has 2 heterocycles. The van der Waals surface area contributed by atoms with Gasteiger partial charge in [-0.15, -0.1) is 0 Å². The minimum atomic E-state index is -0.390. The Kier molecular flexibility index (Phi) is 5.67. The van der Waals surface area contributed by atoms with Gasteiger partial charge in [0.15, 0.2) is 0 Å². The van der Waals surface area contributed by atoms with E-state index in [1.165, 1.54) is 11.1 Å². The molecule has 0 fully saturated rings. The third-order valence-electron chi connectivity index (χ3n) is 6.32. The Bertz CT molecular complexity index is 1310. The van der Waals surface area contributed by atoms with Gasteiger partial charge in [0.1, 0.15) is 19.6 Å². The minimum Gasteiger partial charge on any atom is -0.410 e. The second kappa shape index (κ2) is 8.64. The number of fused-ring (bicyclic) bond motifs is 3. The monoisotopic (exact) mass is 454 g/mol. The van der Waals surface area contributed by atoms with E-state index in [4.69, 9.17) is 24.2 Å². The van der Waals surface area contributed by atoms with Crippen LogP contribution >= 0.6 is 11.6 Å². The Morgan fingerprint density at radius 3 is 2.52 bits per heavy atom. The van der Waals surface area contributed by atoms with Crippen molar-refractivity contribution in [2.45, 2.75) is 32.2 Å². The lowest BCUT2D eigenvalue weighted by Crippen LogP contribution is -2.42. The molecule has 33 heavy (non-hydrogen) atoms. The van der Waals surface area contributed by atoms with Gasteiger partial charge >= 0.3 is 6.09 Å². The fourth-order valence-corrected chi connectivity index (χ4v) is 4.70. The van der Waals surface area contributed by atoms with Gasteiger partial charge in [0, 0.05) is 28.2 Å². The predicted molar refractivity (Wildman–Crippen MR) is 134 cm³/mol. The molecule has 0 saturated heterocycles. The van der Waals surface area contributed by atoms with Gasteiger partial charge in [-0.2, -0.15) is 0 Å². The number of H-pyrrole nitrogens is 1. The van der Waals surface area contributed by atoms with Crippen LogP contribution < -0.4 is 10.2 Å². The van der Waals surface area contributed by atoms with Crippen molar-refractivity contribution in [3.05, 3.63) is 94.1 Å². The quantitative estimate of drug-likeness (QED) is 0.393. The highest BCUT2D eigenvalue weighted by atomic mass is 35.5. The van der Waals surface area contributed by atoms with Crippen LogP contribution in [0.1, 0.15) is 48.2 Å². The van der Waals surface area contributed by atoms with E-state index in [-0.39, 0.29) is 12.1 Å². The van der Waals surface area contributed by atoms with Crippen LogP contribution in [-0.2, 0) is 6.42 Å². The normalized spacial score (nSPS) is 15.6. The first-order valence-corrected chi connectivity index (χ1v) is 11.5. The number of aromatic amines is 1. The van der Waals surface area contributed by atoms with Crippen LogP contribution in [0.2, 0.25) is 5.02 Å². The number of aromatic nitrogens is 1. The SMILES string of the molecule is [B]c1ccc2[nH]c3c(c2c1)CCN(C(=O)Oc1ccc(Cl)cc1)C3c1ccc(C(C)C)cc1. The molecule has 1 unspecified atom stereocenters. The summed E-state index contributed by atoms with van der Waals surface area (Å²) in [7, 11) is 6.07. The van der Waals surface area contributed by atoms with Crippen molar-refractivity contribution in [2.75, 3.05) is 6.54 Å². The summed E-state index contributed by atoms with van der Waals surface area (Å²) < 4.78 is 5.73. The highest BCUT2D eigenvalue weighted by Crippen LogP contribution is 2.39. The fourth-order valence-electron chi connectivity index (χ4n) is 4.57. The van der Waals surface area contributed by atoms with Gasteiger partial charge in [0.2, 0.25) is 0 Å². The Morgan fingerprint density at radius 2 is 1.82 bits per heavy atom. The summed E-state index contributed by atoms with van der Waals surface area (Å²) in [6, 6.07) is 20.9. The molecular weight excluding hydrogens is 431 g/mol. The van der Waals surface area contributed by atoms with Crippen molar-refractivity contribution in [3.8, 4) is 5.75 Å². The first-order chi connectivity index (χ1) is 15.9. The summed E-state index contributed by atoms with van der Waals surface area (Å²) in [5.74, 6) is 0.900. The van der Waals surface area contributed by atoms with Gasteiger partial charge in [-0.25, -0.2) is 4.79 Å². The van der Waals surface area contributed by atoms with E-state index < -0.39 is 0 Å². The molecule has 1 aliphatic heterocycles. The molecule has 0 bridgehead atoms. The first-order valence-electron chi connectivity index (χ1n) is 11.1. The van der Waals surface area contributed by atoms with Crippen molar-refractivity contribution in [1.82, 2.24) is 9.88 Å². The van der Waals surface area contributed by atoms with Crippen LogP contribution in [-0.4, -0.2) is 30.4 Å². The zero-order chi connectivity index (χ0) is 23.1. The van der Waals surface area contributed by atoms with E-state index in [0.29, 0.717) is 23.2 Å². The van der Waals surface area contributed by atoms with E-state index in [2.05, 4.69) is 43.1 Å². The van der Waals surface area contributed by atoms with Crippen LogP contribution in [0.3, 0.4) is 0 Å². The number of amides is 1. The number of carbonyl (C=O) groups is 1. The Hall–Kier alpha value is -3.18. The van der Waals surface area contributed by atoms with Crippen LogP contribution in [0.4, 0.5) is 4.79 Å². The van der Waals surface area contributed by atoms with Crippen LogP contribution in [0.5, 0.6) is 5.75 Å². The first kappa shape index (κ1) is 21.7. The maximum Gasteiger partial charge on any atom is 0.416 e. The summed E-state index contributed by atoms with van der Waals surface area (Å²) in [6.07, 6.45) is 0.328. The average molecular weight is 455 g/mol. The molecule has 4 nitrogen and oxygen atoms in total. The van der Waals surface area contributed by atoms with Crippen molar-refractivity contribution >= 4 is 41.9 Å². The number of hydrogen-bond donors (Lipinski definition) is 1. The standard InChI is InChI=1S/C27H24BClN2O2/c1-16(2)17-3-5-18(6-4-17)26-25-22(23-15-19(28)7-12-24(23)30-25)13-14-31(26)27(32)33-21-10-8-20(29)9-11-21/h3-12,15-16,26,30H,13-14H2,1-2H3. The molecule has 0 aliphatic carbocycles. The number of halogens is 1. The minimum absolute atomic E-state index is 0.289. The second-order valence-electron chi connectivity index (χ2n) is 8.81. The number of carbonyl (C=O) groups excluding carboxylic acids is 1. The average Bonchev–Trinajstić information content (AvgIpc) is 3.17. The molecule has 4 aromatic rings. The van der Waals surface area contributed by atoms with Crippen molar-refractivity contribution in [1.29, 1.82) is 0 Å². The molecule has 2 radical (unpaired) electrons. The van der Waals surface area contributed by atoms with Crippen LogP contribution in [0, 0.1) is 0 Å². The smallest absolute Gasteiger partial charge is 0.410 e. The van der Waals surface area contributed by atoms with Gasteiger partial charge in [0.05, 0.1) is 0 Å². The topological polar surface area (TPSA) is 45.3 Å². The summed E-state index contributed by atoms with van der Waals surface area (Å²) in [4.78, 5) is 18.7. The zero-order valence-corrected chi connectivity index (χ0v) is 19.4. The Labute approximate surface area is 199 Å². The van der Waals surface area contributed by atoms with Crippen molar-refractivity contribution in [3.63, 3.8) is 0 Å². The highest BCUT2D eigenvalue weighted by molar-refractivity contribution is 6.33. The molecule has 1 aliphatic rings. The maximum atomic E-state index is 13.3. The van der Waals surface area contributed by atoms with Crippen molar-refractivity contribution < 1.29 is 9.53 Å². The number of nitrogens with zero attached hydrogens (tertiary/aromatic N) is 1. The largest absolute Gasteiger partial charge is 0.416 e. The second-order valence-corrected chi connectivity index (χ2v) is 9.25. The lowest BCUT2D eigenvalue weighted by Gasteiger charge is -2.35. The molecule has 6 heteroatoms. The summed E-state index contributed by atoms with van der Waals surface area (Å²) in [5, 5.41) is 1.71. The van der Waals surface area contributed by atoms with Gasteiger partial charge in [-0.05, 0) is 59.4 Å². The van der Waals surface area contributed by atoms with Crippen LogP contribution in [0.25, 0.3) is 10.9 Å². The molecule has 1 aromatic heterocycles. The van der Waals surface area contributed by atoms with E-state index in [9.17, 15) is 4.79 Å². The van der Waals surface area contributed by atoms with E-state index >= 15 is 0 Å². The summed E-state index contributed by atoms with van der Waals surface area (Å²) >= 11 is 5.98. The number of hydrogen-bond acceptors (Lipinski definition) is 2. The van der Waals surface area contributed by atoms with Gasteiger partial charge in [0.25, 0.3) is 0 Å². The number of benzene rings is 3. The molecule has 1 N–H and O–H groups in total. The van der Waals surface area contributed by atoms with Crippen LogP contribution in [0.15, 0.2) is 66.7 Å². The molecule has 164 valence electrons. The Morgan fingerprint density at radius 1 is 1.09 bits per heavy atom. The molecule has 0 saturated carbocycles. The lowest BCUT2D eigenvalue weighted by molar-refractivity contribution is 0.135. The number of nitrogens with one attached hydrogen (secondary N) is 1. The highest BCUT2D eigenvalue weighted by Gasteiger charge is 2.35. The third-order valence-corrected chi connectivity index (χ3v) is 6.58. The molecular formula is C27H24BClN2O2. The zero-order valence-electron chi connectivity index (χ0n) is 18.6. The van der Waals surface area contributed by atoms with E-state index in [1.807, 2.05) is 18.2 Å². The van der Waals surface area contributed by atoms with Gasteiger partial charge in [-0.3, -0.25) is 4.90 Å². The van der Waals surface area contributed by atoms with E-state index in [1.54, 1.807) is 29.2 Å². The molecule has 1 amide bonds. The maximum absolute atomic E-state index is 13.3. The Balaban J connectivity index is 1.57. The molecule has 0 spiro atoms. The molecule has 5 rings (SSSR count). The molecule has 1 atom stereocenters. The lowest BCUT2D eigenvalue weighted by atomic mass is 9.89.